The lowest BCUT2D eigenvalue weighted by Gasteiger charge is -2.25. The van der Waals surface area contributed by atoms with E-state index in [2.05, 4.69) is 27.7 Å². The van der Waals surface area contributed by atoms with Crippen LogP contribution in [0.5, 0.6) is 5.75 Å². The molecule has 135 valence electrons. The summed E-state index contributed by atoms with van der Waals surface area (Å²) < 4.78 is 17.0. The molecule has 0 saturated heterocycles. The quantitative estimate of drug-likeness (QED) is 0.376. The van der Waals surface area contributed by atoms with Gasteiger partial charge in [0.15, 0.2) is 0 Å². The molecule has 1 aromatic carbocycles. The third-order valence-corrected chi connectivity index (χ3v) is 4.31. The molecule has 0 heterocycles. The van der Waals surface area contributed by atoms with E-state index in [-0.39, 0.29) is 11.4 Å². The number of rotatable bonds is 8. The minimum Gasteiger partial charge on any atom is -0.496 e. The monoisotopic (exact) mass is 351 g/mol. The molecule has 0 saturated carbocycles. The molecule has 5 heteroatoms. The lowest BCUT2D eigenvalue weighted by atomic mass is 9.86. The molecule has 1 radical (unpaired) electrons. The maximum atomic E-state index is 12.0. The second kappa shape index (κ2) is 9.23. The fourth-order valence-electron chi connectivity index (χ4n) is 2.35. The van der Waals surface area contributed by atoms with Gasteiger partial charge in [0, 0.05) is 12.0 Å². The molecule has 0 bridgehead atoms. The second-order valence-corrected chi connectivity index (χ2v) is 9.21. The van der Waals surface area contributed by atoms with Crippen molar-refractivity contribution in [2.45, 2.75) is 71.8 Å². The standard InChI is InChI=1S/C19H31O4Si/c1-8-9-10-17(20)22-18(23-24(6)7)14-11-12-15(19(2,3)4)16(13-14)21-5/h11-13,18H,8-10H2,1-7H3. The number of hydrogen-bond donors (Lipinski definition) is 0. The van der Waals surface area contributed by atoms with Crippen molar-refractivity contribution in [1.82, 2.24) is 0 Å². The average Bonchev–Trinajstić information content (AvgIpc) is 2.50. The van der Waals surface area contributed by atoms with Crippen LogP contribution in [0.25, 0.3) is 0 Å². The molecule has 0 aliphatic carbocycles. The van der Waals surface area contributed by atoms with Gasteiger partial charge in [-0.2, -0.15) is 0 Å². The molecule has 0 aliphatic rings. The van der Waals surface area contributed by atoms with Gasteiger partial charge in [0.25, 0.3) is 0 Å². The first kappa shape index (κ1) is 20.7. The maximum Gasteiger partial charge on any atom is 0.308 e. The van der Waals surface area contributed by atoms with E-state index in [1.165, 1.54) is 0 Å². The van der Waals surface area contributed by atoms with Crippen LogP contribution in [0.3, 0.4) is 0 Å². The first-order valence-corrected chi connectivity index (χ1v) is 10.9. The molecule has 1 rings (SSSR count). The van der Waals surface area contributed by atoms with Crippen molar-refractivity contribution >= 4 is 15.0 Å². The highest BCUT2D eigenvalue weighted by Crippen LogP contribution is 2.34. The fraction of sp³-hybridized carbons (Fsp3) is 0.632. The van der Waals surface area contributed by atoms with Crippen LogP contribution in [0.4, 0.5) is 0 Å². The Balaban J connectivity index is 3.07. The molecule has 24 heavy (non-hydrogen) atoms. The number of carbonyl (C=O) groups excluding carboxylic acids is 1. The molecular weight excluding hydrogens is 320 g/mol. The van der Waals surface area contributed by atoms with Crippen LogP contribution >= 0.6 is 0 Å². The summed E-state index contributed by atoms with van der Waals surface area (Å²) in [5, 5.41) is 0. The van der Waals surface area contributed by atoms with Gasteiger partial charge in [-0.05, 0) is 36.6 Å². The lowest BCUT2D eigenvalue weighted by Crippen LogP contribution is -2.20. The number of esters is 1. The molecule has 0 N–H and O–H groups in total. The minimum atomic E-state index is -1.02. The zero-order valence-electron chi connectivity index (χ0n) is 16.1. The van der Waals surface area contributed by atoms with Crippen LogP contribution < -0.4 is 4.74 Å². The third kappa shape index (κ3) is 6.28. The van der Waals surface area contributed by atoms with Gasteiger partial charge in [0.2, 0.25) is 15.3 Å². The predicted molar refractivity (Wildman–Crippen MR) is 98.6 cm³/mol. The Morgan fingerprint density at radius 2 is 1.92 bits per heavy atom. The molecule has 0 spiro atoms. The van der Waals surface area contributed by atoms with Gasteiger partial charge in [-0.1, -0.05) is 46.2 Å². The topological polar surface area (TPSA) is 44.8 Å². The number of carbonyl (C=O) groups is 1. The first-order chi connectivity index (χ1) is 11.2. The highest BCUT2D eigenvalue weighted by Gasteiger charge is 2.24. The molecule has 1 unspecified atom stereocenters. The van der Waals surface area contributed by atoms with Crippen molar-refractivity contribution in [1.29, 1.82) is 0 Å². The third-order valence-electron chi connectivity index (χ3n) is 3.62. The number of benzene rings is 1. The molecule has 0 aromatic heterocycles. The summed E-state index contributed by atoms with van der Waals surface area (Å²) >= 11 is 0. The first-order valence-electron chi connectivity index (χ1n) is 8.53. The van der Waals surface area contributed by atoms with Crippen molar-refractivity contribution < 1.29 is 18.7 Å². The Bertz CT molecular complexity index is 535. The highest BCUT2D eigenvalue weighted by molar-refractivity contribution is 6.48. The van der Waals surface area contributed by atoms with Crippen molar-refractivity contribution in [2.75, 3.05) is 7.11 Å². The van der Waals surface area contributed by atoms with Crippen molar-refractivity contribution in [3.8, 4) is 5.75 Å². The van der Waals surface area contributed by atoms with E-state index in [0.717, 1.165) is 29.7 Å². The molecule has 1 atom stereocenters. The van der Waals surface area contributed by atoms with Crippen molar-refractivity contribution in [2.24, 2.45) is 0 Å². The van der Waals surface area contributed by atoms with Crippen molar-refractivity contribution in [3.05, 3.63) is 29.3 Å². The normalized spacial score (nSPS) is 13.0. The van der Waals surface area contributed by atoms with Crippen LogP contribution in [0.1, 0.15) is 64.4 Å². The van der Waals surface area contributed by atoms with Gasteiger partial charge < -0.3 is 13.9 Å². The van der Waals surface area contributed by atoms with Crippen LogP contribution in [0.2, 0.25) is 13.1 Å². The number of unbranched alkanes of at least 4 members (excludes halogenated alkanes) is 1. The smallest absolute Gasteiger partial charge is 0.308 e. The van der Waals surface area contributed by atoms with Gasteiger partial charge in [-0.25, -0.2) is 0 Å². The minimum absolute atomic E-state index is 0.0253. The number of ether oxygens (including phenoxy) is 2. The summed E-state index contributed by atoms with van der Waals surface area (Å²) in [5.74, 6) is 0.572. The maximum absolute atomic E-state index is 12.0. The van der Waals surface area contributed by atoms with Gasteiger partial charge in [0.05, 0.1) is 7.11 Å². The average molecular weight is 352 g/mol. The summed E-state index contributed by atoms with van der Waals surface area (Å²) in [7, 11) is 0.638. The summed E-state index contributed by atoms with van der Waals surface area (Å²) in [6, 6.07) is 5.91. The van der Waals surface area contributed by atoms with E-state index in [1.807, 2.05) is 31.3 Å². The zero-order valence-corrected chi connectivity index (χ0v) is 17.1. The summed E-state index contributed by atoms with van der Waals surface area (Å²) in [5.41, 5.74) is 1.90. The van der Waals surface area contributed by atoms with Gasteiger partial charge >= 0.3 is 5.97 Å². The molecule has 1 aromatic rings. The van der Waals surface area contributed by atoms with Crippen molar-refractivity contribution in [3.63, 3.8) is 0 Å². The van der Waals surface area contributed by atoms with Gasteiger partial charge in [-0.3, -0.25) is 4.79 Å². The zero-order chi connectivity index (χ0) is 18.3. The largest absolute Gasteiger partial charge is 0.496 e. The Morgan fingerprint density at radius 1 is 1.25 bits per heavy atom. The summed E-state index contributed by atoms with van der Waals surface area (Å²) in [4.78, 5) is 12.0. The number of methoxy groups -OCH3 is 1. The Hall–Kier alpha value is -1.33. The highest BCUT2D eigenvalue weighted by atomic mass is 28.3. The van der Waals surface area contributed by atoms with E-state index in [1.54, 1.807) is 7.11 Å². The molecule has 0 aliphatic heterocycles. The van der Waals surface area contributed by atoms with E-state index in [0.29, 0.717) is 6.42 Å². The molecule has 4 nitrogen and oxygen atoms in total. The fourth-order valence-corrected chi connectivity index (χ4v) is 2.96. The molecule has 0 amide bonds. The predicted octanol–water partition coefficient (Wildman–Crippen LogP) is 4.99. The van der Waals surface area contributed by atoms with Crippen LogP contribution in [-0.2, 0) is 19.4 Å². The second-order valence-electron chi connectivity index (χ2n) is 7.16. The molecule has 0 fully saturated rings. The summed E-state index contributed by atoms with van der Waals surface area (Å²) in [6.07, 6.45) is 1.55. The van der Waals surface area contributed by atoms with E-state index < -0.39 is 15.3 Å². The number of hydrogen-bond acceptors (Lipinski definition) is 4. The van der Waals surface area contributed by atoms with Gasteiger partial charge in [-0.15, -0.1) is 0 Å². The van der Waals surface area contributed by atoms with Crippen LogP contribution in [0, 0.1) is 0 Å². The SMILES string of the molecule is CCCCC(=O)OC(O[Si](C)C)c1ccc(C(C)(C)C)c(OC)c1. The lowest BCUT2D eigenvalue weighted by molar-refractivity contribution is -0.165. The Morgan fingerprint density at radius 3 is 2.42 bits per heavy atom. The van der Waals surface area contributed by atoms with E-state index in [4.69, 9.17) is 13.9 Å². The van der Waals surface area contributed by atoms with Crippen LogP contribution in [0.15, 0.2) is 18.2 Å². The Labute approximate surface area is 148 Å². The van der Waals surface area contributed by atoms with Crippen LogP contribution in [-0.4, -0.2) is 22.1 Å². The van der Waals surface area contributed by atoms with E-state index >= 15 is 0 Å². The van der Waals surface area contributed by atoms with E-state index in [9.17, 15) is 4.79 Å². The molecular formula is C19H31O4Si. The summed E-state index contributed by atoms with van der Waals surface area (Å²) in [6.45, 7) is 12.5. The van der Waals surface area contributed by atoms with Gasteiger partial charge in [0.1, 0.15) is 5.75 Å². The Kier molecular flexibility index (Phi) is 7.96.